The zero-order valence-electron chi connectivity index (χ0n) is 4.30. The lowest BCUT2D eigenvalue weighted by Gasteiger charge is -2.04. The molecule has 0 spiro atoms. The Morgan fingerprint density at radius 1 is 1.62 bits per heavy atom. The maximum Gasteiger partial charge on any atom is 0.273 e. The first kappa shape index (κ1) is 8.59. The Morgan fingerprint density at radius 3 is 2.25 bits per heavy atom. The number of hydrogen-bond donors (Lipinski definition) is 3. The number of nitrogens with two attached hydrogens (primary N) is 2. The highest BCUT2D eigenvalue weighted by atomic mass is 79.9. The highest BCUT2D eigenvalue weighted by Gasteiger charge is 2.03. The van der Waals surface area contributed by atoms with Gasteiger partial charge in [-0.2, -0.15) is 0 Å². The fourth-order valence-electron chi connectivity index (χ4n) is 0.217. The first-order valence-electron chi connectivity index (χ1n) is 2.04. The van der Waals surface area contributed by atoms with Crippen molar-refractivity contribution in [3.8, 4) is 0 Å². The van der Waals surface area contributed by atoms with Crippen molar-refractivity contribution in [1.82, 2.24) is 5.09 Å². The molecule has 0 aromatic rings. The van der Waals surface area contributed by atoms with Crippen molar-refractivity contribution in [1.29, 1.82) is 0 Å². The number of nitrogens with one attached hydrogen (secondary N) is 1. The average molecular weight is 202 g/mol. The van der Waals surface area contributed by atoms with E-state index in [0.29, 0.717) is 11.9 Å². The van der Waals surface area contributed by atoms with Gasteiger partial charge in [-0.15, -0.1) is 0 Å². The maximum absolute atomic E-state index is 10.4. The quantitative estimate of drug-likeness (QED) is 0.444. The zero-order valence-corrected chi connectivity index (χ0v) is 6.78. The van der Waals surface area contributed by atoms with Crippen LogP contribution in [0.5, 0.6) is 0 Å². The van der Waals surface area contributed by atoms with Crippen molar-refractivity contribution in [3.63, 3.8) is 0 Å². The minimum Gasteiger partial charge on any atom is -0.271 e. The summed E-state index contributed by atoms with van der Waals surface area (Å²) in [5, 5.41) is 3.14. The zero-order chi connectivity index (χ0) is 6.62. The molecule has 0 aliphatic heterocycles. The third-order valence-electron chi connectivity index (χ3n) is 0.453. The summed E-state index contributed by atoms with van der Waals surface area (Å²) in [4.78, 5) is 0. The first-order chi connectivity index (χ1) is 3.56. The topological polar surface area (TPSA) is 81.1 Å². The molecule has 0 aliphatic rings. The molecular formula is C2H9BrN3OP. The first-order valence-corrected chi connectivity index (χ1v) is 5.01. The molecule has 0 aromatic heterocycles. The van der Waals surface area contributed by atoms with Crippen LogP contribution in [0.25, 0.3) is 0 Å². The second kappa shape index (κ2) is 3.58. The minimum absolute atomic E-state index is 0.532. The summed E-state index contributed by atoms with van der Waals surface area (Å²) < 4.78 is 10.4. The van der Waals surface area contributed by atoms with E-state index in [1.165, 1.54) is 0 Å². The molecule has 0 unspecified atom stereocenters. The fraction of sp³-hybridized carbons (Fsp3) is 1.00. The Balaban J connectivity index is 3.26. The molecule has 0 atom stereocenters. The molecule has 8 heavy (non-hydrogen) atoms. The third-order valence-corrected chi connectivity index (χ3v) is 1.57. The molecule has 0 bridgehead atoms. The third kappa shape index (κ3) is 6.59. The van der Waals surface area contributed by atoms with Gasteiger partial charge in [-0.3, -0.25) is 15.6 Å². The Morgan fingerprint density at radius 2 is 2.12 bits per heavy atom. The Bertz CT molecular complexity index is 101. The summed E-state index contributed by atoms with van der Waals surface area (Å²) >= 11 is 3.11. The van der Waals surface area contributed by atoms with E-state index >= 15 is 0 Å². The predicted octanol–water partition coefficient (Wildman–Crippen LogP) is -0.00360. The van der Waals surface area contributed by atoms with E-state index < -0.39 is 7.59 Å². The Hall–Kier alpha value is 0.590. The Labute approximate surface area is 56.7 Å². The molecule has 0 aliphatic carbocycles. The van der Waals surface area contributed by atoms with E-state index in [0.717, 1.165) is 0 Å². The van der Waals surface area contributed by atoms with E-state index in [1.807, 2.05) is 0 Å². The normalized spacial score (nSPS) is 11.9. The van der Waals surface area contributed by atoms with Crippen LogP contribution in [0.15, 0.2) is 0 Å². The molecule has 4 nitrogen and oxygen atoms in total. The molecular weight excluding hydrogens is 193 g/mol. The molecule has 6 heteroatoms. The molecule has 5 N–H and O–H groups in total. The highest BCUT2D eigenvalue weighted by Crippen LogP contribution is 2.15. The van der Waals surface area contributed by atoms with Crippen molar-refractivity contribution in [2.75, 3.05) is 11.9 Å². The summed E-state index contributed by atoms with van der Waals surface area (Å²) in [5.74, 6) is 0. The lowest BCUT2D eigenvalue weighted by molar-refractivity contribution is 0.568. The van der Waals surface area contributed by atoms with Gasteiger partial charge in [0, 0.05) is 11.9 Å². The van der Waals surface area contributed by atoms with Crippen LogP contribution >= 0.6 is 23.5 Å². The van der Waals surface area contributed by atoms with Crippen LogP contribution in [0.1, 0.15) is 0 Å². The van der Waals surface area contributed by atoms with Crippen molar-refractivity contribution < 1.29 is 4.57 Å². The van der Waals surface area contributed by atoms with Crippen molar-refractivity contribution in [3.05, 3.63) is 0 Å². The average Bonchev–Trinajstić information content (AvgIpc) is 1.59. The van der Waals surface area contributed by atoms with Gasteiger partial charge in [-0.1, -0.05) is 15.9 Å². The van der Waals surface area contributed by atoms with Gasteiger partial charge in [0.2, 0.25) is 0 Å². The second-order valence-electron chi connectivity index (χ2n) is 1.31. The highest BCUT2D eigenvalue weighted by molar-refractivity contribution is 9.09. The van der Waals surface area contributed by atoms with Gasteiger partial charge in [0.1, 0.15) is 0 Å². The van der Waals surface area contributed by atoms with E-state index in [-0.39, 0.29) is 0 Å². The van der Waals surface area contributed by atoms with Crippen LogP contribution in [0.3, 0.4) is 0 Å². The van der Waals surface area contributed by atoms with Crippen LogP contribution in [-0.4, -0.2) is 11.9 Å². The SMILES string of the molecule is NP(N)(=O)NCCBr. The number of rotatable bonds is 3. The number of halogens is 1. The molecule has 0 radical (unpaired) electrons. The number of alkyl halides is 1. The monoisotopic (exact) mass is 201 g/mol. The van der Waals surface area contributed by atoms with E-state index in [4.69, 9.17) is 11.0 Å². The van der Waals surface area contributed by atoms with Gasteiger partial charge in [0.25, 0.3) is 7.59 Å². The van der Waals surface area contributed by atoms with Crippen molar-refractivity contribution >= 4 is 23.5 Å². The van der Waals surface area contributed by atoms with Crippen LogP contribution in [0.4, 0.5) is 0 Å². The van der Waals surface area contributed by atoms with E-state index in [2.05, 4.69) is 21.0 Å². The summed E-state index contributed by atoms with van der Waals surface area (Å²) in [6.07, 6.45) is 0. The predicted molar refractivity (Wildman–Crippen MR) is 37.8 cm³/mol. The minimum atomic E-state index is -2.96. The van der Waals surface area contributed by atoms with Gasteiger partial charge in [-0.05, 0) is 0 Å². The molecule has 50 valence electrons. The van der Waals surface area contributed by atoms with Gasteiger partial charge in [-0.25, -0.2) is 5.09 Å². The Kier molecular flexibility index (Phi) is 3.85. The summed E-state index contributed by atoms with van der Waals surface area (Å²) in [5.41, 5.74) is 9.85. The standard InChI is InChI=1S/C2H9BrN3OP/c3-1-2-6-8(4,5)7/h1-2H2,(H5,4,5,6,7). The van der Waals surface area contributed by atoms with Gasteiger partial charge < -0.3 is 0 Å². The van der Waals surface area contributed by atoms with Gasteiger partial charge in [0.15, 0.2) is 0 Å². The molecule has 0 saturated heterocycles. The fourth-order valence-corrected chi connectivity index (χ4v) is 1.18. The van der Waals surface area contributed by atoms with Crippen LogP contribution in [0.2, 0.25) is 0 Å². The van der Waals surface area contributed by atoms with Crippen molar-refractivity contribution in [2.24, 2.45) is 11.0 Å². The molecule has 0 aromatic carbocycles. The molecule has 0 rings (SSSR count). The summed E-state index contributed by atoms with van der Waals surface area (Å²) in [6, 6.07) is 0. The number of hydrogen-bond acceptors (Lipinski definition) is 1. The van der Waals surface area contributed by atoms with Crippen LogP contribution in [-0.2, 0) is 4.57 Å². The summed E-state index contributed by atoms with van der Waals surface area (Å²) in [6.45, 7) is 0.532. The molecule has 0 heterocycles. The van der Waals surface area contributed by atoms with Crippen molar-refractivity contribution in [2.45, 2.75) is 0 Å². The molecule has 0 saturated carbocycles. The van der Waals surface area contributed by atoms with Gasteiger partial charge in [0.05, 0.1) is 0 Å². The molecule has 0 amide bonds. The van der Waals surface area contributed by atoms with E-state index in [1.54, 1.807) is 0 Å². The second-order valence-corrected chi connectivity index (χ2v) is 3.83. The maximum atomic E-state index is 10.4. The van der Waals surface area contributed by atoms with Gasteiger partial charge >= 0.3 is 0 Å². The van der Waals surface area contributed by atoms with Crippen LogP contribution < -0.4 is 16.1 Å². The largest absolute Gasteiger partial charge is 0.273 e. The smallest absolute Gasteiger partial charge is 0.271 e. The van der Waals surface area contributed by atoms with Crippen LogP contribution in [0, 0.1) is 0 Å². The molecule has 0 fully saturated rings. The lowest BCUT2D eigenvalue weighted by Crippen LogP contribution is -2.23. The summed E-state index contributed by atoms with van der Waals surface area (Å²) in [7, 11) is -2.96. The van der Waals surface area contributed by atoms with E-state index in [9.17, 15) is 4.57 Å². The lowest BCUT2D eigenvalue weighted by atomic mass is 10.8.